The van der Waals surface area contributed by atoms with Gasteiger partial charge in [-0.3, -0.25) is 4.79 Å². The number of fused-ring (bicyclic) bond motifs is 3. The van der Waals surface area contributed by atoms with Gasteiger partial charge < -0.3 is 0 Å². The zero-order valence-corrected chi connectivity index (χ0v) is 11.3. The van der Waals surface area contributed by atoms with Crippen LogP contribution in [0.3, 0.4) is 0 Å². The van der Waals surface area contributed by atoms with Crippen LogP contribution in [0.15, 0.2) is 45.3 Å². The molecule has 1 aliphatic carbocycles. The Morgan fingerprint density at radius 2 is 1.12 bits per heavy atom. The topological polar surface area (TPSA) is 17.1 Å². The zero-order valence-electron chi connectivity index (χ0n) is 8.13. The summed E-state index contributed by atoms with van der Waals surface area (Å²) in [6.07, 6.45) is 0. The molecular formula is C13H6Br2O. The van der Waals surface area contributed by atoms with Gasteiger partial charge in [-0.05, 0) is 47.5 Å². The fourth-order valence-corrected chi connectivity index (χ4v) is 2.74. The molecule has 2 aromatic carbocycles. The van der Waals surface area contributed by atoms with Crippen LogP contribution in [-0.2, 0) is 0 Å². The van der Waals surface area contributed by atoms with E-state index in [2.05, 4.69) is 31.9 Å². The van der Waals surface area contributed by atoms with Crippen molar-refractivity contribution in [3.63, 3.8) is 0 Å². The summed E-state index contributed by atoms with van der Waals surface area (Å²) in [7, 11) is 0. The first-order valence-corrected chi connectivity index (χ1v) is 6.39. The van der Waals surface area contributed by atoms with E-state index in [4.69, 9.17) is 0 Å². The first-order valence-electron chi connectivity index (χ1n) is 4.81. The minimum Gasteiger partial charge on any atom is -0.289 e. The molecule has 0 amide bonds. The van der Waals surface area contributed by atoms with E-state index in [0.717, 1.165) is 31.2 Å². The smallest absolute Gasteiger partial charge is 0.194 e. The van der Waals surface area contributed by atoms with Gasteiger partial charge in [0.2, 0.25) is 0 Å². The first kappa shape index (κ1) is 10.2. The van der Waals surface area contributed by atoms with E-state index in [1.165, 1.54) is 0 Å². The number of halogens is 2. The monoisotopic (exact) mass is 336 g/mol. The SMILES string of the molecule is O=C1c2ccc(Br)cc2-c2cc(Br)ccc21. The zero-order chi connectivity index (χ0) is 11.3. The molecule has 0 spiro atoms. The second-order valence-corrected chi connectivity index (χ2v) is 5.54. The predicted octanol–water partition coefficient (Wildman–Crippen LogP) is 4.42. The minimum absolute atomic E-state index is 0.116. The minimum atomic E-state index is 0.116. The van der Waals surface area contributed by atoms with Crippen molar-refractivity contribution in [2.45, 2.75) is 0 Å². The fraction of sp³-hybridized carbons (Fsp3) is 0. The van der Waals surface area contributed by atoms with Gasteiger partial charge in [-0.1, -0.05) is 31.9 Å². The maximum atomic E-state index is 12.1. The summed E-state index contributed by atoms with van der Waals surface area (Å²) >= 11 is 6.86. The number of carbonyl (C=O) groups is 1. The molecule has 2 aromatic rings. The molecule has 78 valence electrons. The van der Waals surface area contributed by atoms with Gasteiger partial charge in [0, 0.05) is 20.1 Å². The molecule has 0 N–H and O–H groups in total. The van der Waals surface area contributed by atoms with Gasteiger partial charge in [0.1, 0.15) is 0 Å². The maximum Gasteiger partial charge on any atom is 0.194 e. The molecule has 3 rings (SSSR count). The highest BCUT2D eigenvalue weighted by Crippen LogP contribution is 2.39. The van der Waals surface area contributed by atoms with E-state index in [1.807, 2.05) is 36.4 Å². The normalized spacial score (nSPS) is 12.5. The van der Waals surface area contributed by atoms with E-state index in [1.54, 1.807) is 0 Å². The molecule has 16 heavy (non-hydrogen) atoms. The average molecular weight is 338 g/mol. The van der Waals surface area contributed by atoms with Crippen molar-refractivity contribution < 1.29 is 4.79 Å². The number of hydrogen-bond donors (Lipinski definition) is 0. The molecule has 0 heterocycles. The third-order valence-electron chi connectivity index (χ3n) is 2.74. The molecule has 0 aliphatic heterocycles. The van der Waals surface area contributed by atoms with Gasteiger partial charge in [0.05, 0.1) is 0 Å². The number of benzene rings is 2. The summed E-state index contributed by atoms with van der Waals surface area (Å²) in [5.41, 5.74) is 3.60. The van der Waals surface area contributed by atoms with Crippen LogP contribution in [0.4, 0.5) is 0 Å². The van der Waals surface area contributed by atoms with Crippen LogP contribution >= 0.6 is 31.9 Å². The summed E-state index contributed by atoms with van der Waals surface area (Å²) in [6.45, 7) is 0. The molecule has 0 unspecified atom stereocenters. The predicted molar refractivity (Wildman–Crippen MR) is 70.7 cm³/mol. The Morgan fingerprint density at radius 3 is 1.56 bits per heavy atom. The summed E-state index contributed by atoms with van der Waals surface area (Å²) in [6, 6.07) is 11.5. The molecule has 3 heteroatoms. The highest BCUT2D eigenvalue weighted by Gasteiger charge is 2.26. The van der Waals surface area contributed by atoms with E-state index in [0.29, 0.717) is 0 Å². The lowest BCUT2D eigenvalue weighted by molar-refractivity contribution is 0.104. The Kier molecular flexibility index (Phi) is 2.26. The molecule has 0 atom stereocenters. The van der Waals surface area contributed by atoms with Crippen LogP contribution in [0, 0.1) is 0 Å². The Hall–Kier alpha value is -0.930. The van der Waals surface area contributed by atoms with Gasteiger partial charge in [-0.2, -0.15) is 0 Å². The van der Waals surface area contributed by atoms with Crippen LogP contribution in [0.1, 0.15) is 15.9 Å². The Balaban J connectivity index is 2.37. The van der Waals surface area contributed by atoms with Crippen molar-refractivity contribution in [1.29, 1.82) is 0 Å². The molecule has 0 bridgehead atoms. The van der Waals surface area contributed by atoms with Gasteiger partial charge in [0.15, 0.2) is 5.78 Å². The van der Waals surface area contributed by atoms with Crippen molar-refractivity contribution in [1.82, 2.24) is 0 Å². The van der Waals surface area contributed by atoms with E-state index >= 15 is 0 Å². The molecule has 1 aliphatic rings. The van der Waals surface area contributed by atoms with Crippen LogP contribution in [0.2, 0.25) is 0 Å². The van der Waals surface area contributed by atoms with Crippen molar-refractivity contribution >= 4 is 37.6 Å². The molecular weight excluding hydrogens is 332 g/mol. The fourth-order valence-electron chi connectivity index (χ4n) is 2.02. The molecule has 0 fully saturated rings. The van der Waals surface area contributed by atoms with Crippen molar-refractivity contribution in [2.24, 2.45) is 0 Å². The Labute approximate surface area is 110 Å². The first-order chi connectivity index (χ1) is 7.66. The number of rotatable bonds is 0. The average Bonchev–Trinajstić information content (AvgIpc) is 2.52. The maximum absolute atomic E-state index is 12.1. The summed E-state index contributed by atoms with van der Waals surface area (Å²) < 4.78 is 1.98. The second kappa shape index (κ2) is 3.54. The van der Waals surface area contributed by atoms with Gasteiger partial charge in [0.25, 0.3) is 0 Å². The lowest BCUT2D eigenvalue weighted by atomic mass is 10.1. The highest BCUT2D eigenvalue weighted by molar-refractivity contribution is 9.10. The third kappa shape index (κ3) is 1.39. The van der Waals surface area contributed by atoms with Crippen molar-refractivity contribution in [3.8, 4) is 11.1 Å². The van der Waals surface area contributed by atoms with Gasteiger partial charge >= 0.3 is 0 Å². The Morgan fingerprint density at radius 1 is 0.688 bits per heavy atom. The molecule has 1 nitrogen and oxygen atoms in total. The van der Waals surface area contributed by atoms with E-state index < -0.39 is 0 Å². The van der Waals surface area contributed by atoms with Gasteiger partial charge in [-0.25, -0.2) is 0 Å². The molecule has 0 aromatic heterocycles. The van der Waals surface area contributed by atoms with Crippen molar-refractivity contribution in [3.05, 3.63) is 56.5 Å². The molecule has 0 radical (unpaired) electrons. The van der Waals surface area contributed by atoms with E-state index in [9.17, 15) is 4.79 Å². The third-order valence-corrected chi connectivity index (χ3v) is 3.73. The number of ketones is 1. The van der Waals surface area contributed by atoms with Crippen LogP contribution < -0.4 is 0 Å². The van der Waals surface area contributed by atoms with Crippen molar-refractivity contribution in [2.75, 3.05) is 0 Å². The van der Waals surface area contributed by atoms with Crippen LogP contribution in [0.25, 0.3) is 11.1 Å². The largest absolute Gasteiger partial charge is 0.289 e. The van der Waals surface area contributed by atoms with Crippen LogP contribution in [0.5, 0.6) is 0 Å². The summed E-state index contributed by atoms with van der Waals surface area (Å²) in [5.74, 6) is 0.116. The quantitative estimate of drug-likeness (QED) is 0.593. The lowest BCUT2D eigenvalue weighted by Gasteiger charge is -2.00. The molecule has 0 saturated carbocycles. The van der Waals surface area contributed by atoms with Gasteiger partial charge in [-0.15, -0.1) is 0 Å². The van der Waals surface area contributed by atoms with Crippen LogP contribution in [-0.4, -0.2) is 5.78 Å². The van der Waals surface area contributed by atoms with E-state index in [-0.39, 0.29) is 5.78 Å². The molecule has 0 saturated heterocycles. The highest BCUT2D eigenvalue weighted by atomic mass is 79.9. The summed E-state index contributed by atoms with van der Waals surface area (Å²) in [5, 5.41) is 0. The Bertz CT molecular complexity index is 564. The lowest BCUT2D eigenvalue weighted by Crippen LogP contribution is -1.94. The number of hydrogen-bond acceptors (Lipinski definition) is 1. The standard InChI is InChI=1S/C13H6Br2O/c14-7-1-3-9-11(5-7)12-6-8(15)2-4-10(12)13(9)16/h1-6H. The number of carbonyl (C=O) groups excluding carboxylic acids is 1. The second-order valence-electron chi connectivity index (χ2n) is 3.71. The summed E-state index contributed by atoms with van der Waals surface area (Å²) in [4.78, 5) is 12.1.